The van der Waals surface area contributed by atoms with E-state index in [2.05, 4.69) is 0 Å². The van der Waals surface area contributed by atoms with Gasteiger partial charge in [0.25, 0.3) is 0 Å². The number of rotatable bonds is 10. The first-order valence-corrected chi connectivity index (χ1v) is 11.5. The average Bonchev–Trinajstić information content (AvgIpc) is 2.82. The van der Waals surface area contributed by atoms with Gasteiger partial charge in [-0.25, -0.2) is 0 Å². The molecule has 3 aliphatic rings. The van der Waals surface area contributed by atoms with Crippen LogP contribution >= 0.6 is 0 Å². The summed E-state index contributed by atoms with van der Waals surface area (Å²) in [6, 6.07) is 0. The highest BCUT2D eigenvalue weighted by molar-refractivity contribution is 4.88. The third kappa shape index (κ3) is 7.70. The summed E-state index contributed by atoms with van der Waals surface area (Å²) in [6.45, 7) is 0.397. The van der Waals surface area contributed by atoms with Crippen LogP contribution < -0.4 is 0 Å². The predicted octanol–water partition coefficient (Wildman–Crippen LogP) is -5.57. The SMILES string of the molecule is CC(O)COC(OC1COC(OC2COC(OC3COC(O)C(O)C3O)C(O)C2O)CC1O)C(O)O. The maximum Gasteiger partial charge on any atom is 0.209 e. The fourth-order valence-corrected chi connectivity index (χ4v) is 3.83. The molecule has 16 heteroatoms. The lowest BCUT2D eigenvalue weighted by molar-refractivity contribution is -0.343. The van der Waals surface area contributed by atoms with Crippen molar-refractivity contribution in [3.05, 3.63) is 0 Å². The summed E-state index contributed by atoms with van der Waals surface area (Å²) < 4.78 is 37.2. The van der Waals surface area contributed by atoms with E-state index in [1.54, 1.807) is 0 Å². The Morgan fingerprint density at radius 3 is 2.00 bits per heavy atom. The highest BCUT2D eigenvalue weighted by Gasteiger charge is 2.46. The molecule has 13 atom stereocenters. The molecule has 13 unspecified atom stereocenters. The molecule has 0 bridgehead atoms. The monoisotopic (exact) mass is 532 g/mol. The summed E-state index contributed by atoms with van der Waals surface area (Å²) in [7, 11) is 0. The van der Waals surface area contributed by atoms with Crippen LogP contribution in [-0.2, 0) is 33.2 Å². The first kappa shape index (κ1) is 29.9. The highest BCUT2D eigenvalue weighted by Crippen LogP contribution is 2.27. The topological polar surface area (TPSA) is 247 Å². The van der Waals surface area contributed by atoms with Crippen LogP contribution in [-0.4, -0.2) is 159 Å². The number of ether oxygens (including phenoxy) is 7. The van der Waals surface area contributed by atoms with E-state index in [9.17, 15) is 46.0 Å². The molecule has 0 amide bonds. The van der Waals surface area contributed by atoms with Crippen LogP contribution in [0, 0.1) is 0 Å². The van der Waals surface area contributed by atoms with Crippen LogP contribution in [0.4, 0.5) is 0 Å². The van der Waals surface area contributed by atoms with Gasteiger partial charge < -0.3 is 79.1 Å². The fourth-order valence-electron chi connectivity index (χ4n) is 3.83. The molecule has 3 aliphatic heterocycles. The lowest BCUT2D eigenvalue weighted by atomic mass is 10.0. The zero-order chi connectivity index (χ0) is 26.6. The van der Waals surface area contributed by atoms with Gasteiger partial charge in [0.2, 0.25) is 12.6 Å². The van der Waals surface area contributed by atoms with Gasteiger partial charge in [-0.1, -0.05) is 0 Å². The van der Waals surface area contributed by atoms with Crippen molar-refractivity contribution in [3.8, 4) is 0 Å². The van der Waals surface area contributed by atoms with Gasteiger partial charge in [0.1, 0.15) is 42.7 Å². The Labute approximate surface area is 206 Å². The average molecular weight is 532 g/mol. The smallest absolute Gasteiger partial charge is 0.209 e. The Bertz CT molecular complexity index is 653. The number of hydrogen-bond donors (Lipinski definition) is 9. The minimum absolute atomic E-state index is 0.139. The van der Waals surface area contributed by atoms with E-state index in [0.717, 1.165) is 0 Å². The van der Waals surface area contributed by atoms with E-state index in [4.69, 9.17) is 33.2 Å². The first-order valence-electron chi connectivity index (χ1n) is 11.5. The molecule has 0 aliphatic carbocycles. The second kappa shape index (κ2) is 13.4. The van der Waals surface area contributed by atoms with Gasteiger partial charge in [0.05, 0.1) is 38.6 Å². The Hall–Kier alpha value is -0.640. The number of aliphatic hydroxyl groups excluding tert-OH is 8. The van der Waals surface area contributed by atoms with Crippen molar-refractivity contribution in [2.75, 3.05) is 26.4 Å². The normalized spacial score (nSPS) is 43.9. The molecule has 0 spiro atoms. The van der Waals surface area contributed by atoms with Crippen LogP contribution in [0.15, 0.2) is 0 Å². The van der Waals surface area contributed by atoms with E-state index in [1.807, 2.05) is 0 Å². The van der Waals surface area contributed by atoms with Gasteiger partial charge >= 0.3 is 0 Å². The van der Waals surface area contributed by atoms with E-state index in [-0.39, 0.29) is 32.8 Å². The Morgan fingerprint density at radius 2 is 1.36 bits per heavy atom. The van der Waals surface area contributed by atoms with E-state index < -0.39 is 86.4 Å². The third-order valence-corrected chi connectivity index (χ3v) is 5.89. The number of aliphatic hydroxyl groups is 9. The van der Waals surface area contributed by atoms with Crippen molar-refractivity contribution < 1.29 is 79.1 Å². The van der Waals surface area contributed by atoms with E-state index >= 15 is 0 Å². The third-order valence-electron chi connectivity index (χ3n) is 5.89. The van der Waals surface area contributed by atoms with Gasteiger partial charge in [0, 0.05) is 6.42 Å². The molecule has 212 valence electrons. The molecule has 0 aromatic heterocycles. The largest absolute Gasteiger partial charge is 0.391 e. The molecule has 3 saturated heterocycles. The summed E-state index contributed by atoms with van der Waals surface area (Å²) in [5.74, 6) is 0. The summed E-state index contributed by atoms with van der Waals surface area (Å²) >= 11 is 0. The molecule has 16 nitrogen and oxygen atoms in total. The van der Waals surface area contributed by atoms with Crippen molar-refractivity contribution >= 4 is 0 Å². The van der Waals surface area contributed by atoms with Crippen LogP contribution in [0.3, 0.4) is 0 Å². The molecule has 0 radical (unpaired) electrons. The highest BCUT2D eigenvalue weighted by atomic mass is 16.8. The van der Waals surface area contributed by atoms with E-state index in [1.165, 1.54) is 6.92 Å². The molecule has 9 N–H and O–H groups in total. The fraction of sp³-hybridized carbons (Fsp3) is 1.00. The van der Waals surface area contributed by atoms with Crippen LogP contribution in [0.1, 0.15) is 13.3 Å². The summed E-state index contributed by atoms with van der Waals surface area (Å²) in [4.78, 5) is 0. The summed E-state index contributed by atoms with van der Waals surface area (Å²) in [6.07, 6.45) is -19.3. The van der Waals surface area contributed by atoms with Crippen LogP contribution in [0.25, 0.3) is 0 Å². The molecule has 0 aromatic carbocycles. The van der Waals surface area contributed by atoms with Gasteiger partial charge in [0.15, 0.2) is 18.9 Å². The van der Waals surface area contributed by atoms with Crippen molar-refractivity contribution in [2.45, 2.75) is 99.7 Å². The lowest BCUT2D eigenvalue weighted by Gasteiger charge is -2.43. The van der Waals surface area contributed by atoms with Gasteiger partial charge in [-0.05, 0) is 6.92 Å². The summed E-state index contributed by atoms with van der Waals surface area (Å²) in [5.41, 5.74) is 0. The van der Waals surface area contributed by atoms with Crippen molar-refractivity contribution in [1.82, 2.24) is 0 Å². The van der Waals surface area contributed by atoms with Gasteiger partial charge in [-0.2, -0.15) is 0 Å². The standard InChI is InChI=1S/C20H36O16/c1-7(21)3-32-20(17(27)28)35-9-4-30-12(2-8(9)22)34-10-6-33-19(16(26)14(10)24)36-11-5-31-18(29)15(25)13(11)23/h7-29H,2-6H2,1H3. The van der Waals surface area contributed by atoms with Gasteiger partial charge in [-0.3, -0.25) is 0 Å². The van der Waals surface area contributed by atoms with Crippen molar-refractivity contribution in [2.24, 2.45) is 0 Å². The molecular weight excluding hydrogens is 496 g/mol. The van der Waals surface area contributed by atoms with Crippen LogP contribution in [0.5, 0.6) is 0 Å². The molecule has 36 heavy (non-hydrogen) atoms. The quantitative estimate of drug-likeness (QED) is 0.119. The van der Waals surface area contributed by atoms with Crippen molar-refractivity contribution in [1.29, 1.82) is 0 Å². The number of hydrogen-bond acceptors (Lipinski definition) is 16. The first-order chi connectivity index (χ1) is 17.0. The van der Waals surface area contributed by atoms with Crippen molar-refractivity contribution in [3.63, 3.8) is 0 Å². The summed E-state index contributed by atoms with van der Waals surface area (Å²) in [5, 5.41) is 88.4. The Morgan fingerprint density at radius 1 is 0.750 bits per heavy atom. The molecular formula is C20H36O16. The minimum Gasteiger partial charge on any atom is -0.391 e. The van der Waals surface area contributed by atoms with E-state index in [0.29, 0.717) is 0 Å². The maximum absolute atomic E-state index is 10.5. The molecule has 0 aromatic rings. The second-order valence-corrected chi connectivity index (χ2v) is 8.94. The zero-order valence-corrected chi connectivity index (χ0v) is 19.5. The predicted molar refractivity (Wildman–Crippen MR) is 110 cm³/mol. The molecule has 3 rings (SSSR count). The lowest BCUT2D eigenvalue weighted by Crippen LogP contribution is -2.60. The zero-order valence-electron chi connectivity index (χ0n) is 19.5. The minimum atomic E-state index is -2.04. The second-order valence-electron chi connectivity index (χ2n) is 8.94. The molecule has 3 heterocycles. The van der Waals surface area contributed by atoms with Crippen LogP contribution in [0.2, 0.25) is 0 Å². The molecule has 3 fully saturated rings. The molecule has 0 saturated carbocycles. The maximum atomic E-state index is 10.5. The Kier molecular flexibility index (Phi) is 11.2. The Balaban J connectivity index is 1.46. The van der Waals surface area contributed by atoms with Gasteiger partial charge in [-0.15, -0.1) is 0 Å².